The van der Waals surface area contributed by atoms with Crippen molar-refractivity contribution >= 4 is 23.2 Å². The first-order valence-electron chi connectivity index (χ1n) is 7.99. The number of amides is 2. The summed E-state index contributed by atoms with van der Waals surface area (Å²) in [5.74, 6) is -2.55. The summed E-state index contributed by atoms with van der Waals surface area (Å²) in [6.45, 7) is 2.81. The normalized spacial score (nSPS) is 10.9. The molecule has 0 aromatic heterocycles. The van der Waals surface area contributed by atoms with Crippen LogP contribution in [0.5, 0.6) is 11.5 Å². The maximum Gasteiger partial charge on any atom is 0.239 e. The minimum Gasteiger partial charge on any atom is -0.497 e. The molecule has 0 aliphatic heterocycles. The molecule has 27 heavy (non-hydrogen) atoms. The third-order valence-electron chi connectivity index (χ3n) is 3.97. The Labute approximate surface area is 155 Å². The minimum absolute atomic E-state index is 0.0405. The summed E-state index contributed by atoms with van der Waals surface area (Å²) in [6.07, 6.45) is 0. The van der Waals surface area contributed by atoms with Crippen LogP contribution in [0, 0.1) is 17.0 Å². The van der Waals surface area contributed by atoms with Crippen LogP contribution < -0.4 is 20.1 Å². The van der Waals surface area contributed by atoms with Gasteiger partial charge in [-0.1, -0.05) is 0 Å². The van der Waals surface area contributed by atoms with Crippen LogP contribution in [0.1, 0.15) is 13.8 Å². The highest BCUT2D eigenvalue weighted by molar-refractivity contribution is 6.14. The van der Waals surface area contributed by atoms with E-state index < -0.39 is 28.9 Å². The fourth-order valence-corrected chi connectivity index (χ4v) is 2.15. The van der Waals surface area contributed by atoms with E-state index in [-0.39, 0.29) is 5.69 Å². The Kier molecular flexibility index (Phi) is 5.99. The van der Waals surface area contributed by atoms with E-state index in [1.807, 2.05) is 0 Å². The van der Waals surface area contributed by atoms with Gasteiger partial charge in [-0.15, -0.1) is 0 Å². The summed E-state index contributed by atoms with van der Waals surface area (Å²) in [5, 5.41) is 5.03. The minimum atomic E-state index is -1.51. The van der Waals surface area contributed by atoms with E-state index in [1.165, 1.54) is 34.1 Å². The first kappa shape index (κ1) is 20.2. The lowest BCUT2D eigenvalue weighted by Gasteiger charge is -2.23. The average molecular weight is 378 g/mol. The second-order valence-corrected chi connectivity index (χ2v) is 6.23. The number of hydrogen-bond donors (Lipinski definition) is 2. The molecular formula is C19H20F2N2O4. The van der Waals surface area contributed by atoms with Gasteiger partial charge in [-0.25, -0.2) is 8.78 Å². The second-order valence-electron chi connectivity index (χ2n) is 6.23. The lowest BCUT2D eigenvalue weighted by molar-refractivity contribution is -0.135. The largest absolute Gasteiger partial charge is 0.497 e. The predicted octanol–water partition coefficient (Wildman–Crippen LogP) is 3.59. The number of carbonyl (C=O) groups is 2. The predicted molar refractivity (Wildman–Crippen MR) is 96.9 cm³/mol. The fourth-order valence-electron chi connectivity index (χ4n) is 2.15. The molecule has 2 aromatic rings. The number of nitrogens with one attached hydrogen (secondary N) is 2. The van der Waals surface area contributed by atoms with Gasteiger partial charge in [0.2, 0.25) is 11.8 Å². The van der Waals surface area contributed by atoms with Gasteiger partial charge in [0.25, 0.3) is 0 Å². The van der Waals surface area contributed by atoms with Crippen LogP contribution in [-0.4, -0.2) is 26.0 Å². The van der Waals surface area contributed by atoms with Gasteiger partial charge >= 0.3 is 0 Å². The maximum absolute atomic E-state index is 13.3. The van der Waals surface area contributed by atoms with Crippen molar-refractivity contribution in [3.63, 3.8) is 0 Å². The second kappa shape index (κ2) is 8.03. The molecule has 0 heterocycles. The molecule has 0 fully saturated rings. The smallest absolute Gasteiger partial charge is 0.239 e. The molecule has 2 rings (SSSR count). The molecule has 0 spiro atoms. The van der Waals surface area contributed by atoms with Crippen molar-refractivity contribution in [2.75, 3.05) is 24.9 Å². The van der Waals surface area contributed by atoms with E-state index in [0.29, 0.717) is 17.2 Å². The highest BCUT2D eigenvalue weighted by atomic mass is 19.2. The number of halogens is 2. The van der Waals surface area contributed by atoms with Gasteiger partial charge in [0.15, 0.2) is 11.6 Å². The van der Waals surface area contributed by atoms with Crippen LogP contribution in [0.4, 0.5) is 20.2 Å². The molecule has 2 aromatic carbocycles. The molecule has 144 valence electrons. The van der Waals surface area contributed by atoms with E-state index in [1.54, 1.807) is 18.2 Å². The third kappa shape index (κ3) is 4.52. The summed E-state index contributed by atoms with van der Waals surface area (Å²) >= 11 is 0. The lowest BCUT2D eigenvalue weighted by atomic mass is 9.90. The van der Waals surface area contributed by atoms with Crippen molar-refractivity contribution in [1.29, 1.82) is 0 Å². The molecule has 2 N–H and O–H groups in total. The summed E-state index contributed by atoms with van der Waals surface area (Å²) in [6, 6.07) is 7.76. The van der Waals surface area contributed by atoms with E-state index >= 15 is 0 Å². The summed E-state index contributed by atoms with van der Waals surface area (Å²) in [5.41, 5.74) is -1.15. The Hall–Kier alpha value is -3.16. The van der Waals surface area contributed by atoms with Crippen LogP contribution in [0.2, 0.25) is 0 Å². The molecule has 0 saturated carbocycles. The van der Waals surface area contributed by atoms with Gasteiger partial charge in [0.05, 0.1) is 19.9 Å². The highest BCUT2D eigenvalue weighted by Crippen LogP contribution is 2.31. The lowest BCUT2D eigenvalue weighted by Crippen LogP contribution is -2.41. The molecule has 0 aliphatic rings. The molecule has 0 radical (unpaired) electrons. The summed E-state index contributed by atoms with van der Waals surface area (Å²) < 4.78 is 36.6. The maximum atomic E-state index is 13.3. The zero-order valence-electron chi connectivity index (χ0n) is 15.4. The molecular weight excluding hydrogens is 358 g/mol. The van der Waals surface area contributed by atoms with Gasteiger partial charge in [-0.2, -0.15) is 0 Å². The molecule has 0 saturated heterocycles. The van der Waals surface area contributed by atoms with Crippen molar-refractivity contribution < 1.29 is 27.8 Å². The standard InChI is InChI=1S/C19H20F2N2O4/c1-19(2,17(24)22-11-5-7-13(20)14(21)9-11)18(25)23-15-10-12(26-3)6-8-16(15)27-4/h5-10H,1-4H3,(H,22,24)(H,23,25). The number of benzene rings is 2. The van der Waals surface area contributed by atoms with Gasteiger partial charge in [0, 0.05) is 17.8 Å². The number of anilines is 2. The number of ether oxygens (including phenoxy) is 2. The Bertz CT molecular complexity index is 869. The zero-order valence-corrected chi connectivity index (χ0v) is 15.4. The Morgan fingerprint density at radius 2 is 1.56 bits per heavy atom. The number of methoxy groups -OCH3 is 2. The van der Waals surface area contributed by atoms with Gasteiger partial charge in [-0.3, -0.25) is 9.59 Å². The van der Waals surface area contributed by atoms with Crippen molar-refractivity contribution in [2.24, 2.45) is 5.41 Å². The fraction of sp³-hybridized carbons (Fsp3) is 0.263. The number of carbonyl (C=O) groups excluding carboxylic acids is 2. The molecule has 6 nitrogen and oxygen atoms in total. The monoisotopic (exact) mass is 378 g/mol. The van der Waals surface area contributed by atoms with E-state index in [9.17, 15) is 18.4 Å². The molecule has 0 bridgehead atoms. The highest BCUT2D eigenvalue weighted by Gasteiger charge is 2.36. The average Bonchev–Trinajstić information content (AvgIpc) is 2.64. The van der Waals surface area contributed by atoms with Gasteiger partial charge in [-0.05, 0) is 38.1 Å². The van der Waals surface area contributed by atoms with E-state index in [2.05, 4.69) is 10.6 Å². The quantitative estimate of drug-likeness (QED) is 0.754. The SMILES string of the molecule is COc1ccc(OC)c(NC(=O)C(C)(C)C(=O)Nc2ccc(F)c(F)c2)c1. The van der Waals surface area contributed by atoms with Crippen LogP contribution in [0.3, 0.4) is 0 Å². The first-order valence-corrected chi connectivity index (χ1v) is 7.99. The van der Waals surface area contributed by atoms with Crippen molar-refractivity contribution in [3.05, 3.63) is 48.0 Å². The van der Waals surface area contributed by atoms with Crippen molar-refractivity contribution in [2.45, 2.75) is 13.8 Å². The zero-order chi connectivity index (χ0) is 20.2. The van der Waals surface area contributed by atoms with Crippen LogP contribution in [-0.2, 0) is 9.59 Å². The molecule has 8 heteroatoms. The molecule has 0 unspecified atom stereocenters. The van der Waals surface area contributed by atoms with Crippen LogP contribution in [0.15, 0.2) is 36.4 Å². The van der Waals surface area contributed by atoms with Crippen molar-refractivity contribution in [3.8, 4) is 11.5 Å². The summed E-state index contributed by atoms with van der Waals surface area (Å²) in [7, 11) is 2.92. The van der Waals surface area contributed by atoms with Crippen LogP contribution >= 0.6 is 0 Å². The first-order chi connectivity index (χ1) is 12.7. The Balaban J connectivity index is 2.18. The van der Waals surface area contributed by atoms with Crippen LogP contribution in [0.25, 0.3) is 0 Å². The van der Waals surface area contributed by atoms with E-state index in [0.717, 1.165) is 12.1 Å². The van der Waals surface area contributed by atoms with Gasteiger partial charge in [0.1, 0.15) is 16.9 Å². The third-order valence-corrected chi connectivity index (χ3v) is 3.97. The number of rotatable bonds is 6. The van der Waals surface area contributed by atoms with Gasteiger partial charge < -0.3 is 20.1 Å². The molecule has 0 atom stereocenters. The number of hydrogen-bond acceptors (Lipinski definition) is 4. The van der Waals surface area contributed by atoms with Crippen molar-refractivity contribution in [1.82, 2.24) is 0 Å². The molecule has 0 aliphatic carbocycles. The van der Waals surface area contributed by atoms with E-state index in [4.69, 9.17) is 9.47 Å². The summed E-state index contributed by atoms with van der Waals surface area (Å²) in [4.78, 5) is 25.1. The Morgan fingerprint density at radius 1 is 0.889 bits per heavy atom. The topological polar surface area (TPSA) is 76.7 Å². The molecule has 2 amide bonds. The Morgan fingerprint density at radius 3 is 2.15 bits per heavy atom.